The third kappa shape index (κ3) is 20.2. The summed E-state index contributed by atoms with van der Waals surface area (Å²) in [6.07, 6.45) is 6.42. The van der Waals surface area contributed by atoms with Gasteiger partial charge in [0.05, 0.1) is 42.3 Å². The molecule has 6 aromatic carbocycles. The molecule has 19 rings (SSSR count). The molecule has 1 aliphatic carbocycles. The molecule has 0 bridgehead atoms. The number of fused-ring (bicyclic) bond motifs is 6. The van der Waals surface area contributed by atoms with E-state index in [2.05, 4.69) is 165 Å². The van der Waals surface area contributed by atoms with E-state index in [-0.39, 0.29) is 69.8 Å². The van der Waals surface area contributed by atoms with E-state index >= 15 is 0 Å². The number of ether oxygens (including phenoxy) is 3. The van der Waals surface area contributed by atoms with E-state index in [9.17, 15) is 40.7 Å². The Kier molecular flexibility index (Phi) is 28.4. The van der Waals surface area contributed by atoms with E-state index in [0.717, 1.165) is 140 Å². The molecule has 700 valence electrons. The van der Waals surface area contributed by atoms with Crippen molar-refractivity contribution < 1.29 is 54.9 Å². The number of rotatable bonds is 22. The van der Waals surface area contributed by atoms with Crippen molar-refractivity contribution in [3.63, 3.8) is 0 Å². The van der Waals surface area contributed by atoms with Crippen LogP contribution in [0.15, 0.2) is 151 Å². The van der Waals surface area contributed by atoms with Gasteiger partial charge in [-0.3, -0.25) is 14.4 Å². The van der Waals surface area contributed by atoms with Crippen LogP contribution in [0.1, 0.15) is 102 Å². The molecule has 0 N–H and O–H groups in total. The average molecular weight is 1900 g/mol. The van der Waals surface area contributed by atoms with Gasteiger partial charge < -0.3 is 87.5 Å². The second-order valence-corrected chi connectivity index (χ2v) is 37.2. The topological polar surface area (TPSA) is 208 Å². The summed E-state index contributed by atoms with van der Waals surface area (Å²) in [4.78, 5) is 102. The normalized spacial score (nSPS) is 21.0. The van der Waals surface area contributed by atoms with Gasteiger partial charge in [0.2, 0.25) is 19.6 Å². The number of carbonyl (C=O) groups excluding carboxylic acids is 3. The summed E-state index contributed by atoms with van der Waals surface area (Å²) >= 11 is 3.76. The summed E-state index contributed by atoms with van der Waals surface area (Å²) in [7, 11) is 6.29. The van der Waals surface area contributed by atoms with Gasteiger partial charge in [0.25, 0.3) is 17.7 Å². The lowest BCUT2D eigenvalue weighted by molar-refractivity contribution is -0.136. The van der Waals surface area contributed by atoms with Crippen molar-refractivity contribution in [1.82, 2.24) is 59.3 Å². The van der Waals surface area contributed by atoms with E-state index in [4.69, 9.17) is 63.8 Å². The number of alkyl halides is 3. The van der Waals surface area contributed by atoms with E-state index in [1.54, 1.807) is 24.3 Å². The molecule has 6 atom stereocenters. The highest BCUT2D eigenvalue weighted by Gasteiger charge is 2.43. The van der Waals surface area contributed by atoms with Crippen molar-refractivity contribution in [1.29, 1.82) is 0 Å². The number of nitrogens with zero attached hydrogens (tertiary/aromatic N) is 21. The highest BCUT2D eigenvalue weighted by molar-refractivity contribution is 9.10. The van der Waals surface area contributed by atoms with Gasteiger partial charge in [-0.1, -0.05) is 115 Å². The van der Waals surface area contributed by atoms with Crippen molar-refractivity contribution in [2.24, 2.45) is 0 Å². The highest BCUT2D eigenvalue weighted by Crippen LogP contribution is 2.48. The smallest absolute Gasteiger partial charge is 0.417 e. The van der Waals surface area contributed by atoms with Gasteiger partial charge in [-0.2, -0.15) is 43.1 Å². The number of piperazine rings is 3. The average Bonchev–Trinajstić information content (AvgIpc) is 0.941. The second kappa shape index (κ2) is 40.8. The molecule has 3 amide bonds. The Morgan fingerprint density at radius 3 is 1.07 bits per heavy atom. The lowest BCUT2D eigenvalue weighted by Crippen LogP contribution is -2.57. The summed E-state index contributed by atoms with van der Waals surface area (Å²) in [5.74, 6) is -2.57. The van der Waals surface area contributed by atoms with Gasteiger partial charge >= 0.3 is 24.2 Å². The molecule has 27 nitrogen and oxygen atoms in total. The molecule has 0 spiro atoms. The van der Waals surface area contributed by atoms with Gasteiger partial charge in [0.15, 0.2) is 17.5 Å². The van der Waals surface area contributed by atoms with Crippen LogP contribution in [0.25, 0.3) is 46.9 Å². The van der Waals surface area contributed by atoms with Gasteiger partial charge in [-0.15, -0.1) is 0 Å². The zero-order chi connectivity index (χ0) is 93.8. The van der Waals surface area contributed by atoms with Crippen LogP contribution in [0.5, 0.6) is 18.0 Å². The van der Waals surface area contributed by atoms with Crippen molar-refractivity contribution in [2.45, 2.75) is 139 Å². The summed E-state index contributed by atoms with van der Waals surface area (Å²) in [6, 6.07) is 35.4. The standard InChI is InChI=1S/C35H40FN7O2.C33H35F4N7O2.C32H35BrFN7O2/c1-23(36)34(44)43-18-17-42(20-27(43)19-37-2)33-29-14-16-41(21-30(29)38-35(39-33)45-22-26-9-6-15-40(26)3)31-11-5-8-25-7-4-10-28(32(25)31)24-12-13-24;1-21(34)31(45)44-16-15-43(18-24(44)17-38-2)30-25-12-14-42(19-27(25)39-32(40-30)46-20-23-9-6-13-41(23)3)28-11-5-8-22-7-4-10-26(29(22)28)33(35,36)37;1-21(34)31(42)41-16-15-40(18-24(41)17-35-2)30-25-12-14-39(28-11-5-8-22-7-4-10-26(33)29(22)28)19-27(25)36-32(37-30)43-20-23-9-6-13-38(23)3/h4-5,7-8,10-11,24,26-27H,1,6,9,12-22H2,3H3;4-5,7-8,10-11,23-24H,1,6,9,12-20H2,3H3;4-5,7-8,10-11,23-24H,1,6,9,12-20H2,3H3/t26-,27-;2*23-,24-/m000/s1. The number of benzene rings is 6. The SMILES string of the molecule is [C-]#[N+]C[C@H]1CN(c2nc(OC[C@@H]3CCCN3C)nc3c2CCN(c2cccc4cccc(Br)c24)C3)CCN1C(=O)C(=C)F.[C-]#[N+]C[C@H]1CN(c2nc(OC[C@@H]3CCCN3C)nc3c2CCN(c2cccc4cccc(C(F)(F)F)c24)C3)CCN1C(=O)C(=C)F.[C-]#[N+]C[C@H]1CN(c2nc(OC[C@@H]3CCCN3C)nc3c2CCN(c2cccc4cccc(C5CC5)c24)C3)CCN1C(=O)C(=C)F. The monoisotopic (exact) mass is 1890 g/mol. The molecule has 12 heterocycles. The molecule has 0 radical (unpaired) electrons. The van der Waals surface area contributed by atoms with Crippen LogP contribution in [0, 0.1) is 19.7 Å². The van der Waals surface area contributed by atoms with E-state index in [0.29, 0.717) is 131 Å². The molecular formula is C100H110BrF6N21O6. The Bertz CT molecular complexity index is 6090. The third-order valence-corrected chi connectivity index (χ3v) is 28.7. The maximum atomic E-state index is 14.1. The highest BCUT2D eigenvalue weighted by atomic mass is 79.9. The fraction of sp³-hybridized carbons (Fsp3) is 0.460. The van der Waals surface area contributed by atoms with Gasteiger partial charge in [-0.05, 0) is 169 Å². The van der Waals surface area contributed by atoms with Crippen molar-refractivity contribution in [3.8, 4) is 18.0 Å². The molecule has 1 saturated carbocycles. The minimum atomic E-state index is -4.52. The number of anilines is 6. The first kappa shape index (κ1) is 93.4. The Labute approximate surface area is 785 Å². The number of aromatic nitrogens is 6. The Hall–Kier alpha value is -12.4. The van der Waals surface area contributed by atoms with Crippen LogP contribution in [0.2, 0.25) is 0 Å². The van der Waals surface area contributed by atoms with Crippen LogP contribution in [-0.4, -0.2) is 272 Å². The van der Waals surface area contributed by atoms with Crippen LogP contribution in [0.4, 0.5) is 60.9 Å². The predicted molar refractivity (Wildman–Crippen MR) is 509 cm³/mol. The zero-order valence-corrected chi connectivity index (χ0v) is 77.4. The molecule has 10 aliphatic rings. The molecule has 34 heteroatoms. The number of hydrogen-bond donors (Lipinski definition) is 0. The first-order chi connectivity index (χ1) is 64.8. The van der Waals surface area contributed by atoms with Gasteiger partial charge in [-0.25, -0.2) is 32.9 Å². The number of amides is 3. The lowest BCUT2D eigenvalue weighted by Gasteiger charge is -2.41. The molecule has 3 aromatic heterocycles. The third-order valence-electron chi connectivity index (χ3n) is 28.0. The van der Waals surface area contributed by atoms with E-state index in [1.165, 1.54) is 66.4 Å². The van der Waals surface area contributed by atoms with Crippen LogP contribution >= 0.6 is 15.9 Å². The summed E-state index contributed by atoms with van der Waals surface area (Å²) in [6.45, 7) is 43.0. The number of carbonyl (C=O) groups is 3. The van der Waals surface area contributed by atoms with Crippen LogP contribution in [0.3, 0.4) is 0 Å². The first-order valence-corrected chi connectivity index (χ1v) is 47.0. The van der Waals surface area contributed by atoms with Gasteiger partial charge in [0, 0.05) is 151 Å². The molecule has 9 aromatic rings. The molecular weight excluding hydrogens is 1790 g/mol. The molecule has 0 unspecified atom stereocenters. The van der Waals surface area contributed by atoms with E-state index in [1.807, 2.05) is 22.9 Å². The van der Waals surface area contributed by atoms with Crippen LogP contribution in [-0.2, 0) is 59.5 Å². The minimum absolute atomic E-state index is 0.0173. The van der Waals surface area contributed by atoms with Crippen molar-refractivity contribution >= 4 is 100 Å². The van der Waals surface area contributed by atoms with Crippen molar-refractivity contribution in [2.75, 3.05) is 188 Å². The molecule has 134 heavy (non-hydrogen) atoms. The van der Waals surface area contributed by atoms with E-state index < -0.39 is 65.1 Å². The lowest BCUT2D eigenvalue weighted by atomic mass is 9.97. The van der Waals surface area contributed by atoms with Gasteiger partial charge in [0.1, 0.15) is 55.4 Å². The minimum Gasteiger partial charge on any atom is -0.462 e. The van der Waals surface area contributed by atoms with Crippen LogP contribution < -0.4 is 43.6 Å². The van der Waals surface area contributed by atoms with Crippen molar-refractivity contribution in [3.05, 3.63) is 230 Å². The maximum Gasteiger partial charge on any atom is 0.417 e. The Morgan fingerprint density at radius 2 is 0.739 bits per heavy atom. The number of halogens is 7. The fourth-order valence-electron chi connectivity index (χ4n) is 20.7. The number of likely N-dealkylation sites (tertiary alicyclic amines) is 3. The number of hydrogen-bond acceptors (Lipinski definition) is 21. The largest absolute Gasteiger partial charge is 0.462 e. The summed E-state index contributed by atoms with van der Waals surface area (Å²) < 4.78 is 104. The summed E-state index contributed by atoms with van der Waals surface area (Å²) in [5.41, 5.74) is 9.08. The number of likely N-dealkylation sites (N-methyl/N-ethyl adjacent to an activating group) is 3. The predicted octanol–water partition coefficient (Wildman–Crippen LogP) is 14.9. The zero-order valence-electron chi connectivity index (χ0n) is 75.8. The Balaban J connectivity index is 0.000000140. The second-order valence-electron chi connectivity index (χ2n) is 36.4. The Morgan fingerprint density at radius 1 is 0.410 bits per heavy atom. The first-order valence-electron chi connectivity index (χ1n) is 46.2. The molecule has 9 aliphatic heterocycles. The fourth-order valence-corrected chi connectivity index (χ4v) is 21.3. The molecule has 6 saturated heterocycles. The maximum absolute atomic E-state index is 14.1. The summed E-state index contributed by atoms with van der Waals surface area (Å²) in [5, 5.41) is 5.59. The quantitative estimate of drug-likeness (QED) is 0.0351. The molecule has 7 fully saturated rings.